The zero-order valence-corrected chi connectivity index (χ0v) is 17.4. The first-order valence-electron chi connectivity index (χ1n) is 10.7. The number of hydrogen-bond donors (Lipinski definition) is 0. The van der Waals surface area contributed by atoms with Gasteiger partial charge in [0.15, 0.2) is 5.82 Å². The summed E-state index contributed by atoms with van der Waals surface area (Å²) in [5.74, 6) is 2.84. The molecule has 2 fully saturated rings. The number of amides is 1. The molecule has 3 rings (SSSR count). The normalized spacial score (nSPS) is 22.7. The van der Waals surface area contributed by atoms with E-state index in [9.17, 15) is 4.79 Å². The number of nitrogens with zero attached hydrogens (tertiary/aromatic N) is 3. The Kier molecular flexibility index (Phi) is 6.56. The number of carbonyl (C=O) groups is 1. The highest BCUT2D eigenvalue weighted by Crippen LogP contribution is 2.39. The van der Waals surface area contributed by atoms with Gasteiger partial charge in [0.2, 0.25) is 11.8 Å². The van der Waals surface area contributed by atoms with Crippen LogP contribution in [0.5, 0.6) is 0 Å². The van der Waals surface area contributed by atoms with Gasteiger partial charge in [-0.15, -0.1) is 0 Å². The van der Waals surface area contributed by atoms with Crippen molar-refractivity contribution in [3.63, 3.8) is 0 Å². The Labute approximate surface area is 163 Å². The molecule has 0 bridgehead atoms. The van der Waals surface area contributed by atoms with Crippen LogP contribution in [0.3, 0.4) is 0 Å². The Morgan fingerprint density at radius 3 is 2.56 bits per heavy atom. The van der Waals surface area contributed by atoms with Crippen LogP contribution >= 0.6 is 0 Å². The summed E-state index contributed by atoms with van der Waals surface area (Å²) >= 11 is 0. The maximum Gasteiger partial charge on any atom is 0.229 e. The molecule has 1 aromatic heterocycles. The second kappa shape index (κ2) is 8.72. The first kappa shape index (κ1) is 20.3. The number of ether oxygens (including phenoxy) is 1. The van der Waals surface area contributed by atoms with E-state index in [1.165, 1.54) is 0 Å². The SMILES string of the molecule is CCC(CC)C(=O)N1CCC2(CC1)CC(Cc1noc(C(C)C)n1)CCO2. The van der Waals surface area contributed by atoms with Crippen molar-refractivity contribution in [2.45, 2.75) is 84.2 Å². The predicted molar refractivity (Wildman–Crippen MR) is 103 cm³/mol. The predicted octanol–water partition coefficient (Wildman–Crippen LogP) is 3.96. The van der Waals surface area contributed by atoms with Crippen molar-refractivity contribution in [1.82, 2.24) is 15.0 Å². The van der Waals surface area contributed by atoms with Gasteiger partial charge in [-0.1, -0.05) is 32.9 Å². The van der Waals surface area contributed by atoms with Crippen LogP contribution in [0.25, 0.3) is 0 Å². The number of piperidine rings is 1. The molecular weight excluding hydrogens is 342 g/mol. The van der Waals surface area contributed by atoms with Crippen molar-refractivity contribution in [3.8, 4) is 0 Å². The second-order valence-electron chi connectivity index (χ2n) is 8.64. The lowest BCUT2D eigenvalue weighted by molar-refractivity contribution is -0.150. The summed E-state index contributed by atoms with van der Waals surface area (Å²) in [4.78, 5) is 19.3. The first-order chi connectivity index (χ1) is 13.0. The highest BCUT2D eigenvalue weighted by atomic mass is 16.5. The summed E-state index contributed by atoms with van der Waals surface area (Å²) < 4.78 is 11.6. The highest BCUT2D eigenvalue weighted by Gasteiger charge is 2.41. The molecule has 1 unspecified atom stereocenters. The molecular formula is C21H35N3O3. The van der Waals surface area contributed by atoms with Crippen molar-refractivity contribution in [2.24, 2.45) is 11.8 Å². The van der Waals surface area contributed by atoms with Crippen LogP contribution in [-0.4, -0.2) is 46.2 Å². The van der Waals surface area contributed by atoms with Crippen LogP contribution in [0.2, 0.25) is 0 Å². The third kappa shape index (κ3) is 4.71. The molecule has 1 spiro atoms. The van der Waals surface area contributed by atoms with Crippen molar-refractivity contribution in [3.05, 3.63) is 11.7 Å². The van der Waals surface area contributed by atoms with E-state index in [2.05, 4.69) is 42.7 Å². The molecule has 27 heavy (non-hydrogen) atoms. The zero-order chi connectivity index (χ0) is 19.4. The Morgan fingerprint density at radius 1 is 1.26 bits per heavy atom. The Balaban J connectivity index is 1.55. The molecule has 2 saturated heterocycles. The van der Waals surface area contributed by atoms with Gasteiger partial charge in [-0.25, -0.2) is 0 Å². The average molecular weight is 378 g/mol. The quantitative estimate of drug-likeness (QED) is 0.750. The number of likely N-dealkylation sites (tertiary alicyclic amines) is 1. The van der Waals surface area contributed by atoms with Gasteiger partial charge in [-0.05, 0) is 44.4 Å². The smallest absolute Gasteiger partial charge is 0.229 e. The van der Waals surface area contributed by atoms with Gasteiger partial charge in [0.05, 0.1) is 5.60 Å². The molecule has 6 heteroatoms. The second-order valence-corrected chi connectivity index (χ2v) is 8.64. The lowest BCUT2D eigenvalue weighted by Gasteiger charge is -2.46. The summed E-state index contributed by atoms with van der Waals surface area (Å²) in [6.45, 7) is 10.8. The van der Waals surface area contributed by atoms with Gasteiger partial charge in [-0.2, -0.15) is 4.98 Å². The Morgan fingerprint density at radius 2 is 1.96 bits per heavy atom. The molecule has 2 aliphatic heterocycles. The topological polar surface area (TPSA) is 68.5 Å². The van der Waals surface area contributed by atoms with Crippen LogP contribution in [0.15, 0.2) is 4.52 Å². The van der Waals surface area contributed by atoms with Crippen molar-refractivity contribution in [1.29, 1.82) is 0 Å². The number of hydrogen-bond acceptors (Lipinski definition) is 5. The molecule has 0 saturated carbocycles. The molecule has 1 atom stereocenters. The van der Waals surface area contributed by atoms with Gasteiger partial charge in [0, 0.05) is 38.0 Å². The zero-order valence-electron chi connectivity index (χ0n) is 17.4. The minimum absolute atomic E-state index is 0.0712. The molecule has 6 nitrogen and oxygen atoms in total. The largest absolute Gasteiger partial charge is 0.375 e. The van der Waals surface area contributed by atoms with Crippen LogP contribution in [-0.2, 0) is 16.0 Å². The average Bonchev–Trinajstić information content (AvgIpc) is 3.12. The van der Waals surface area contributed by atoms with Crippen LogP contribution < -0.4 is 0 Å². The number of rotatable bonds is 6. The van der Waals surface area contributed by atoms with Gasteiger partial charge in [0.25, 0.3) is 0 Å². The first-order valence-corrected chi connectivity index (χ1v) is 10.7. The van der Waals surface area contributed by atoms with Gasteiger partial charge in [0.1, 0.15) is 0 Å². The standard InChI is InChI=1S/C21H35N3O3/c1-5-17(6-2)20(25)24-10-8-21(9-11-24)14-16(7-12-26-21)13-18-22-19(15(3)4)27-23-18/h15-17H,5-14H2,1-4H3. The van der Waals surface area contributed by atoms with Crippen molar-refractivity contribution >= 4 is 5.91 Å². The van der Waals surface area contributed by atoms with E-state index in [4.69, 9.17) is 9.26 Å². The molecule has 0 N–H and O–H groups in total. The fraction of sp³-hybridized carbons (Fsp3) is 0.857. The fourth-order valence-electron chi connectivity index (χ4n) is 4.53. The molecule has 1 amide bonds. The molecule has 0 aromatic carbocycles. The lowest BCUT2D eigenvalue weighted by Crippen LogP contribution is -2.52. The number of carbonyl (C=O) groups excluding carboxylic acids is 1. The monoisotopic (exact) mass is 377 g/mol. The van der Waals surface area contributed by atoms with E-state index >= 15 is 0 Å². The Bertz CT molecular complexity index is 616. The molecule has 152 valence electrons. The van der Waals surface area contributed by atoms with Crippen molar-refractivity contribution in [2.75, 3.05) is 19.7 Å². The minimum Gasteiger partial charge on any atom is -0.375 e. The highest BCUT2D eigenvalue weighted by molar-refractivity contribution is 5.78. The van der Waals surface area contributed by atoms with Gasteiger partial charge in [-0.3, -0.25) is 4.79 Å². The molecule has 1 aromatic rings. The van der Waals surface area contributed by atoms with Crippen LogP contribution in [0.4, 0.5) is 0 Å². The van der Waals surface area contributed by atoms with E-state index in [0.717, 1.165) is 76.4 Å². The summed E-state index contributed by atoms with van der Waals surface area (Å²) in [5, 5.41) is 4.16. The summed E-state index contributed by atoms with van der Waals surface area (Å²) in [6, 6.07) is 0. The van der Waals surface area contributed by atoms with Crippen LogP contribution in [0, 0.1) is 11.8 Å². The maximum absolute atomic E-state index is 12.7. The molecule has 3 heterocycles. The number of aromatic nitrogens is 2. The third-order valence-corrected chi connectivity index (χ3v) is 6.37. The van der Waals surface area contributed by atoms with Crippen molar-refractivity contribution < 1.29 is 14.1 Å². The Hall–Kier alpha value is -1.43. The van der Waals surface area contributed by atoms with E-state index in [1.54, 1.807) is 0 Å². The van der Waals surface area contributed by atoms with Gasteiger partial charge < -0.3 is 14.2 Å². The summed E-state index contributed by atoms with van der Waals surface area (Å²) in [7, 11) is 0. The lowest BCUT2D eigenvalue weighted by atomic mass is 9.78. The van der Waals surface area contributed by atoms with Gasteiger partial charge >= 0.3 is 0 Å². The maximum atomic E-state index is 12.7. The van der Waals surface area contributed by atoms with E-state index in [-0.39, 0.29) is 17.4 Å². The summed E-state index contributed by atoms with van der Waals surface area (Å²) in [5.41, 5.74) is -0.0712. The molecule has 0 radical (unpaired) electrons. The molecule has 0 aliphatic carbocycles. The van der Waals surface area contributed by atoms with E-state index < -0.39 is 0 Å². The van der Waals surface area contributed by atoms with E-state index in [1.807, 2.05) is 0 Å². The van der Waals surface area contributed by atoms with E-state index in [0.29, 0.717) is 11.8 Å². The minimum atomic E-state index is -0.0712. The molecule has 2 aliphatic rings. The third-order valence-electron chi connectivity index (χ3n) is 6.37. The fourth-order valence-corrected chi connectivity index (χ4v) is 4.53. The van der Waals surface area contributed by atoms with Crippen LogP contribution in [0.1, 0.15) is 83.9 Å². The summed E-state index contributed by atoms with van der Waals surface area (Å²) in [6.07, 6.45) is 6.68.